The van der Waals surface area contributed by atoms with Crippen molar-refractivity contribution in [2.24, 2.45) is 0 Å². The second kappa shape index (κ2) is 10.6. The number of benzene rings is 2. The highest BCUT2D eigenvalue weighted by atomic mass is 32.2. The molecule has 9 heteroatoms. The fourth-order valence-electron chi connectivity index (χ4n) is 2.93. The number of aryl methyl sites for hydroxylation is 1. The van der Waals surface area contributed by atoms with Gasteiger partial charge in [-0.3, -0.25) is 5.10 Å². The second-order valence-corrected chi connectivity index (χ2v) is 7.53. The largest absolute Gasteiger partial charge is 0.481 e. The summed E-state index contributed by atoms with van der Waals surface area (Å²) in [6.45, 7) is 3.72. The van der Waals surface area contributed by atoms with Crippen molar-refractivity contribution in [3.05, 3.63) is 52.7 Å². The molecule has 0 aliphatic rings. The molecule has 0 saturated heterocycles. The number of aromatic nitrogens is 3. The summed E-state index contributed by atoms with van der Waals surface area (Å²) in [7, 11) is 0. The number of thioether (sulfide) groups is 1. The Bertz CT molecular complexity index is 1110. The Morgan fingerprint density at radius 2 is 2.00 bits per heavy atom. The number of nitrogens with zero attached hydrogens (tertiary/aromatic N) is 2. The SMILES string of the molecule is CCCc1nc(S/C(=C\c2c(OCC(=O)OCC)ccc3ccccc23)C(=O)O)n[nH]1. The summed E-state index contributed by atoms with van der Waals surface area (Å²) in [5.74, 6) is -0.523. The third-order valence-corrected chi connectivity index (χ3v) is 5.14. The van der Waals surface area contributed by atoms with Crippen molar-refractivity contribution < 1.29 is 24.2 Å². The maximum Gasteiger partial charge on any atom is 0.344 e. The fraction of sp³-hybridized carbons (Fsp3) is 0.273. The van der Waals surface area contributed by atoms with Crippen molar-refractivity contribution in [2.45, 2.75) is 31.8 Å². The quantitative estimate of drug-likeness (QED) is 0.275. The zero-order valence-electron chi connectivity index (χ0n) is 17.3. The van der Waals surface area contributed by atoms with Gasteiger partial charge in [-0.1, -0.05) is 37.3 Å². The van der Waals surface area contributed by atoms with Gasteiger partial charge in [0.05, 0.1) is 6.61 Å². The minimum Gasteiger partial charge on any atom is -0.481 e. The van der Waals surface area contributed by atoms with E-state index in [2.05, 4.69) is 15.2 Å². The van der Waals surface area contributed by atoms with Gasteiger partial charge in [0.2, 0.25) is 5.16 Å². The number of carboxylic acids is 1. The van der Waals surface area contributed by atoms with E-state index in [4.69, 9.17) is 9.47 Å². The molecule has 0 saturated carbocycles. The van der Waals surface area contributed by atoms with Gasteiger partial charge in [0.15, 0.2) is 6.61 Å². The van der Waals surface area contributed by atoms with E-state index in [1.165, 1.54) is 6.08 Å². The van der Waals surface area contributed by atoms with Gasteiger partial charge in [-0.05, 0) is 48.0 Å². The monoisotopic (exact) mass is 441 g/mol. The summed E-state index contributed by atoms with van der Waals surface area (Å²) in [6.07, 6.45) is 3.15. The van der Waals surface area contributed by atoms with Crippen molar-refractivity contribution in [1.82, 2.24) is 15.2 Å². The first-order chi connectivity index (χ1) is 15.0. The number of hydrogen-bond donors (Lipinski definition) is 2. The van der Waals surface area contributed by atoms with E-state index >= 15 is 0 Å². The first-order valence-electron chi connectivity index (χ1n) is 9.86. The molecule has 1 heterocycles. The highest BCUT2D eigenvalue weighted by molar-refractivity contribution is 8.04. The van der Waals surface area contributed by atoms with E-state index < -0.39 is 11.9 Å². The van der Waals surface area contributed by atoms with Crippen LogP contribution in [0.5, 0.6) is 5.75 Å². The predicted molar refractivity (Wildman–Crippen MR) is 118 cm³/mol. The Morgan fingerprint density at radius 1 is 1.19 bits per heavy atom. The molecule has 1 aromatic heterocycles. The summed E-state index contributed by atoms with van der Waals surface area (Å²) in [6, 6.07) is 11.1. The molecular weight excluding hydrogens is 418 g/mol. The van der Waals surface area contributed by atoms with E-state index in [1.807, 2.05) is 37.3 Å². The number of esters is 1. The van der Waals surface area contributed by atoms with Crippen LogP contribution in [0.1, 0.15) is 31.7 Å². The number of nitrogens with one attached hydrogen (secondary N) is 1. The van der Waals surface area contributed by atoms with Crippen molar-refractivity contribution in [1.29, 1.82) is 0 Å². The topological polar surface area (TPSA) is 114 Å². The van der Waals surface area contributed by atoms with Crippen LogP contribution in [0.2, 0.25) is 0 Å². The number of rotatable bonds is 10. The molecule has 3 aromatic rings. The predicted octanol–water partition coefficient (Wildman–Crippen LogP) is 4.07. The van der Waals surface area contributed by atoms with Gasteiger partial charge in [-0.15, -0.1) is 5.10 Å². The number of hydrogen-bond acceptors (Lipinski definition) is 7. The number of H-pyrrole nitrogens is 1. The maximum absolute atomic E-state index is 12.0. The van der Waals surface area contributed by atoms with Gasteiger partial charge in [0.25, 0.3) is 0 Å². The van der Waals surface area contributed by atoms with Crippen LogP contribution < -0.4 is 4.74 Å². The van der Waals surface area contributed by atoms with Crippen LogP contribution in [0.25, 0.3) is 16.8 Å². The molecule has 0 spiro atoms. The van der Waals surface area contributed by atoms with Gasteiger partial charge >= 0.3 is 11.9 Å². The molecule has 0 radical (unpaired) electrons. The average Bonchev–Trinajstić information content (AvgIpc) is 3.20. The number of carbonyl (C=O) groups excluding carboxylic acids is 1. The molecule has 2 aromatic carbocycles. The minimum absolute atomic E-state index is 0.0272. The van der Waals surface area contributed by atoms with E-state index in [9.17, 15) is 14.7 Å². The molecule has 2 N–H and O–H groups in total. The summed E-state index contributed by atoms with van der Waals surface area (Å²) >= 11 is 0.949. The average molecular weight is 442 g/mol. The van der Waals surface area contributed by atoms with Crippen LogP contribution in [-0.4, -0.2) is 45.4 Å². The Morgan fingerprint density at radius 3 is 2.74 bits per heavy atom. The molecule has 162 valence electrons. The number of carbonyl (C=O) groups is 2. The van der Waals surface area contributed by atoms with Crippen LogP contribution in [0.4, 0.5) is 0 Å². The van der Waals surface area contributed by atoms with Crippen LogP contribution >= 0.6 is 11.8 Å². The molecule has 31 heavy (non-hydrogen) atoms. The zero-order chi connectivity index (χ0) is 22.2. The Hall–Kier alpha value is -3.33. The molecule has 8 nitrogen and oxygen atoms in total. The van der Waals surface area contributed by atoms with Gasteiger partial charge in [-0.2, -0.15) is 0 Å². The molecule has 0 unspecified atom stereocenters. The van der Waals surface area contributed by atoms with Crippen molar-refractivity contribution in [2.75, 3.05) is 13.2 Å². The maximum atomic E-state index is 12.0. The molecule has 0 fully saturated rings. The van der Waals surface area contributed by atoms with Crippen LogP contribution in [0, 0.1) is 0 Å². The van der Waals surface area contributed by atoms with Gasteiger partial charge < -0.3 is 14.6 Å². The van der Waals surface area contributed by atoms with Crippen molar-refractivity contribution in [3.8, 4) is 5.75 Å². The lowest BCUT2D eigenvalue weighted by Gasteiger charge is -2.12. The van der Waals surface area contributed by atoms with Crippen molar-refractivity contribution in [3.63, 3.8) is 0 Å². The Labute approximate surface area is 183 Å². The second-order valence-electron chi connectivity index (χ2n) is 6.52. The highest BCUT2D eigenvalue weighted by Crippen LogP contribution is 2.34. The molecule has 0 aliphatic heterocycles. The number of aromatic amines is 1. The van der Waals surface area contributed by atoms with E-state index in [1.54, 1.807) is 13.0 Å². The molecule has 3 rings (SSSR count). The molecule has 0 bridgehead atoms. The molecule has 0 aliphatic carbocycles. The van der Waals surface area contributed by atoms with Crippen molar-refractivity contribution >= 4 is 40.5 Å². The third-order valence-electron chi connectivity index (χ3n) is 4.27. The number of carboxylic acid groups (broad SMARTS) is 1. The standard InChI is InChI=1S/C22H23N3O5S/c1-3-7-19-23-22(25-24-19)31-18(21(27)28)12-16-15-9-6-5-8-14(15)10-11-17(16)30-13-20(26)29-4-2/h5-6,8-12H,3-4,7,13H2,1-2H3,(H,27,28)(H,23,24,25)/b18-12-. The number of aliphatic carboxylic acids is 1. The van der Waals surface area contributed by atoms with E-state index in [0.29, 0.717) is 22.3 Å². The van der Waals surface area contributed by atoms with Crippen LogP contribution in [-0.2, 0) is 20.7 Å². The van der Waals surface area contributed by atoms with Gasteiger partial charge in [0, 0.05) is 12.0 Å². The van der Waals surface area contributed by atoms with E-state index in [-0.39, 0.29) is 18.1 Å². The molecule has 0 atom stereocenters. The Balaban J connectivity index is 1.99. The fourth-order valence-corrected chi connectivity index (χ4v) is 3.63. The Kier molecular flexibility index (Phi) is 7.66. The van der Waals surface area contributed by atoms with Gasteiger partial charge in [-0.25, -0.2) is 14.6 Å². The normalized spacial score (nSPS) is 11.5. The molecule has 0 amide bonds. The summed E-state index contributed by atoms with van der Waals surface area (Å²) < 4.78 is 10.6. The smallest absolute Gasteiger partial charge is 0.344 e. The lowest BCUT2D eigenvalue weighted by atomic mass is 10.0. The highest BCUT2D eigenvalue weighted by Gasteiger charge is 2.17. The lowest BCUT2D eigenvalue weighted by Crippen LogP contribution is -2.15. The summed E-state index contributed by atoms with van der Waals surface area (Å²) in [4.78, 5) is 28.1. The van der Waals surface area contributed by atoms with E-state index in [0.717, 1.165) is 35.4 Å². The van der Waals surface area contributed by atoms with Gasteiger partial charge in [0.1, 0.15) is 16.5 Å². The van der Waals surface area contributed by atoms with Crippen LogP contribution in [0.3, 0.4) is 0 Å². The zero-order valence-corrected chi connectivity index (χ0v) is 18.1. The first kappa shape index (κ1) is 22.4. The van der Waals surface area contributed by atoms with Crippen LogP contribution in [0.15, 0.2) is 46.5 Å². The first-order valence-corrected chi connectivity index (χ1v) is 10.7. The number of fused-ring (bicyclic) bond motifs is 1. The third kappa shape index (κ3) is 5.85. The summed E-state index contributed by atoms with van der Waals surface area (Å²) in [5, 5.41) is 18.7. The molecular formula is C22H23N3O5S. The summed E-state index contributed by atoms with van der Waals surface area (Å²) in [5.41, 5.74) is 0.552. The number of ether oxygens (including phenoxy) is 2. The minimum atomic E-state index is -1.11. The lowest BCUT2D eigenvalue weighted by molar-refractivity contribution is -0.145.